The molecule has 1 unspecified atom stereocenters. The van der Waals surface area contributed by atoms with Crippen molar-refractivity contribution in [3.05, 3.63) is 11.6 Å². The Morgan fingerprint density at radius 3 is 2.33 bits per heavy atom. The van der Waals surface area contributed by atoms with E-state index in [0.29, 0.717) is 12.8 Å². The zero-order valence-corrected chi connectivity index (χ0v) is 9.72. The van der Waals surface area contributed by atoms with Crippen LogP contribution in [0.2, 0.25) is 0 Å². The third kappa shape index (κ3) is 1.47. The molecular formula is C13H18O2. The fourth-order valence-corrected chi connectivity index (χ4v) is 2.99. The number of rotatable bonds is 0. The number of hydrogen-bond donors (Lipinski definition) is 0. The Kier molecular flexibility index (Phi) is 2.14. The first kappa shape index (κ1) is 10.6. The van der Waals surface area contributed by atoms with E-state index in [1.807, 2.05) is 13.8 Å². The summed E-state index contributed by atoms with van der Waals surface area (Å²) in [6, 6.07) is 0. The standard InChI is InChI=1S/C13H18O2/c1-12(2)10-8-9(14)4-6-13(10,3)7-5-11(12)15/h8H,4-7H2,1-3H3. The molecule has 0 aromatic rings. The summed E-state index contributed by atoms with van der Waals surface area (Å²) in [5.41, 5.74) is 0.733. The lowest BCUT2D eigenvalue weighted by molar-refractivity contribution is -0.129. The third-order valence-corrected chi connectivity index (χ3v) is 4.15. The minimum absolute atomic E-state index is 0.0886. The molecule has 2 heteroatoms. The number of carbonyl (C=O) groups excluding carboxylic acids is 2. The molecule has 0 spiro atoms. The zero-order chi connectivity index (χ0) is 11.3. The molecular weight excluding hydrogens is 188 g/mol. The van der Waals surface area contributed by atoms with Gasteiger partial charge in [-0.15, -0.1) is 0 Å². The van der Waals surface area contributed by atoms with Crippen molar-refractivity contribution >= 4 is 11.6 Å². The van der Waals surface area contributed by atoms with E-state index in [0.717, 1.165) is 18.4 Å². The quantitative estimate of drug-likeness (QED) is 0.610. The topological polar surface area (TPSA) is 34.1 Å². The summed E-state index contributed by atoms with van der Waals surface area (Å²) in [4.78, 5) is 23.3. The Bertz CT molecular complexity index is 363. The maximum Gasteiger partial charge on any atom is 0.155 e. The van der Waals surface area contributed by atoms with E-state index in [9.17, 15) is 9.59 Å². The molecule has 82 valence electrons. The number of allylic oxidation sites excluding steroid dienone is 2. The fraction of sp³-hybridized carbons (Fsp3) is 0.692. The molecule has 0 amide bonds. The number of Topliss-reactive ketones (excluding diaryl/α,β-unsaturated/α-hetero) is 1. The summed E-state index contributed by atoms with van der Waals surface area (Å²) in [7, 11) is 0. The molecule has 0 saturated heterocycles. The molecule has 2 nitrogen and oxygen atoms in total. The van der Waals surface area contributed by atoms with E-state index in [1.54, 1.807) is 6.08 Å². The minimum Gasteiger partial charge on any atom is -0.299 e. The van der Waals surface area contributed by atoms with Crippen LogP contribution in [0.15, 0.2) is 11.6 Å². The van der Waals surface area contributed by atoms with Crippen LogP contribution in [-0.2, 0) is 9.59 Å². The van der Waals surface area contributed by atoms with E-state index in [-0.39, 0.29) is 17.0 Å². The minimum atomic E-state index is -0.428. The van der Waals surface area contributed by atoms with Crippen molar-refractivity contribution in [2.45, 2.75) is 46.5 Å². The van der Waals surface area contributed by atoms with Crippen molar-refractivity contribution < 1.29 is 9.59 Å². The van der Waals surface area contributed by atoms with Gasteiger partial charge in [-0.25, -0.2) is 0 Å². The van der Waals surface area contributed by atoms with Crippen LogP contribution in [0.3, 0.4) is 0 Å². The number of ketones is 2. The van der Waals surface area contributed by atoms with Gasteiger partial charge < -0.3 is 0 Å². The van der Waals surface area contributed by atoms with Crippen molar-refractivity contribution in [3.8, 4) is 0 Å². The maximum atomic E-state index is 11.9. The highest BCUT2D eigenvalue weighted by molar-refractivity contribution is 5.96. The lowest BCUT2D eigenvalue weighted by atomic mass is 9.56. The maximum absolute atomic E-state index is 11.9. The molecule has 2 rings (SSSR count). The van der Waals surface area contributed by atoms with Crippen LogP contribution in [0.5, 0.6) is 0 Å². The Hall–Kier alpha value is -0.920. The van der Waals surface area contributed by atoms with E-state index < -0.39 is 5.41 Å². The molecule has 0 heterocycles. The van der Waals surface area contributed by atoms with Gasteiger partial charge in [0.2, 0.25) is 0 Å². The molecule has 0 bridgehead atoms. The molecule has 15 heavy (non-hydrogen) atoms. The van der Waals surface area contributed by atoms with Gasteiger partial charge in [0.25, 0.3) is 0 Å². The van der Waals surface area contributed by atoms with Gasteiger partial charge in [-0.3, -0.25) is 9.59 Å². The van der Waals surface area contributed by atoms with Crippen molar-refractivity contribution in [2.24, 2.45) is 10.8 Å². The molecule has 2 aliphatic rings. The Morgan fingerprint density at radius 1 is 1.07 bits per heavy atom. The summed E-state index contributed by atoms with van der Waals surface area (Å²) in [6.07, 6.45) is 4.86. The van der Waals surface area contributed by atoms with E-state index in [1.165, 1.54) is 0 Å². The average molecular weight is 206 g/mol. The summed E-state index contributed by atoms with van der Waals surface area (Å²) in [6.45, 7) is 6.10. The smallest absolute Gasteiger partial charge is 0.155 e. The monoisotopic (exact) mass is 206 g/mol. The van der Waals surface area contributed by atoms with Gasteiger partial charge in [-0.2, -0.15) is 0 Å². The van der Waals surface area contributed by atoms with Crippen LogP contribution in [0, 0.1) is 10.8 Å². The van der Waals surface area contributed by atoms with E-state index in [4.69, 9.17) is 0 Å². The van der Waals surface area contributed by atoms with Crippen molar-refractivity contribution in [1.82, 2.24) is 0 Å². The molecule has 1 saturated carbocycles. The van der Waals surface area contributed by atoms with Gasteiger partial charge in [0.05, 0.1) is 0 Å². The molecule has 0 N–H and O–H groups in total. The molecule has 1 atom stereocenters. The largest absolute Gasteiger partial charge is 0.299 e. The normalized spacial score (nSPS) is 34.7. The van der Waals surface area contributed by atoms with Gasteiger partial charge in [0, 0.05) is 18.3 Å². The van der Waals surface area contributed by atoms with Crippen LogP contribution in [0.4, 0.5) is 0 Å². The predicted molar refractivity (Wildman–Crippen MR) is 58.5 cm³/mol. The Labute approximate surface area is 90.7 Å². The SMILES string of the molecule is CC12CCC(=O)C=C1C(C)(C)C(=O)CC2. The van der Waals surface area contributed by atoms with Crippen LogP contribution < -0.4 is 0 Å². The third-order valence-electron chi connectivity index (χ3n) is 4.15. The first-order chi connectivity index (χ1) is 6.86. The lowest BCUT2D eigenvalue weighted by Crippen LogP contribution is -2.43. The second-order valence-corrected chi connectivity index (χ2v) is 5.63. The lowest BCUT2D eigenvalue weighted by Gasteiger charge is -2.46. The Morgan fingerprint density at radius 2 is 1.67 bits per heavy atom. The van der Waals surface area contributed by atoms with E-state index >= 15 is 0 Å². The highest BCUT2D eigenvalue weighted by Gasteiger charge is 2.47. The van der Waals surface area contributed by atoms with Gasteiger partial charge in [-0.05, 0) is 43.8 Å². The van der Waals surface area contributed by atoms with Gasteiger partial charge in [0.1, 0.15) is 5.78 Å². The Balaban J connectivity index is 2.51. The summed E-state index contributed by atoms with van der Waals surface area (Å²) >= 11 is 0. The van der Waals surface area contributed by atoms with Crippen LogP contribution in [0.1, 0.15) is 46.5 Å². The van der Waals surface area contributed by atoms with Crippen molar-refractivity contribution in [1.29, 1.82) is 0 Å². The molecule has 2 aliphatic carbocycles. The van der Waals surface area contributed by atoms with Crippen LogP contribution >= 0.6 is 0 Å². The van der Waals surface area contributed by atoms with Crippen LogP contribution in [0.25, 0.3) is 0 Å². The second-order valence-electron chi connectivity index (χ2n) is 5.63. The summed E-state index contributed by atoms with van der Waals surface area (Å²) in [5, 5.41) is 0. The first-order valence-corrected chi connectivity index (χ1v) is 5.65. The van der Waals surface area contributed by atoms with Gasteiger partial charge >= 0.3 is 0 Å². The fourth-order valence-electron chi connectivity index (χ4n) is 2.99. The zero-order valence-electron chi connectivity index (χ0n) is 9.72. The van der Waals surface area contributed by atoms with E-state index in [2.05, 4.69) is 6.92 Å². The van der Waals surface area contributed by atoms with Gasteiger partial charge in [0.15, 0.2) is 5.78 Å². The van der Waals surface area contributed by atoms with Crippen LogP contribution in [-0.4, -0.2) is 11.6 Å². The number of fused-ring (bicyclic) bond motifs is 1. The number of carbonyl (C=O) groups is 2. The second kappa shape index (κ2) is 3.03. The molecule has 0 aromatic carbocycles. The molecule has 0 aromatic heterocycles. The summed E-state index contributed by atoms with van der Waals surface area (Å²) < 4.78 is 0. The molecule has 0 aliphatic heterocycles. The molecule has 1 fully saturated rings. The average Bonchev–Trinajstić information content (AvgIpc) is 2.16. The van der Waals surface area contributed by atoms with Crippen molar-refractivity contribution in [2.75, 3.05) is 0 Å². The predicted octanol–water partition coefficient (Wildman–Crippen LogP) is 2.67. The summed E-state index contributed by atoms with van der Waals surface area (Å²) in [5.74, 6) is 0.464. The highest BCUT2D eigenvalue weighted by Crippen LogP contribution is 2.52. The molecule has 0 radical (unpaired) electrons. The van der Waals surface area contributed by atoms with Crippen molar-refractivity contribution in [3.63, 3.8) is 0 Å². The van der Waals surface area contributed by atoms with Gasteiger partial charge in [-0.1, -0.05) is 6.92 Å². The first-order valence-electron chi connectivity index (χ1n) is 5.65. The number of hydrogen-bond acceptors (Lipinski definition) is 2. The highest BCUT2D eigenvalue weighted by atomic mass is 16.1.